The number of benzene rings is 3. The van der Waals surface area contributed by atoms with Crippen LogP contribution in [0.25, 0.3) is 0 Å². The Morgan fingerprint density at radius 2 is 1.67 bits per heavy atom. The Kier molecular flexibility index (Phi) is 7.67. The number of anilines is 2. The fourth-order valence-electron chi connectivity index (χ4n) is 2.93. The number of sulfonamides is 1. The Morgan fingerprint density at radius 3 is 2.30 bits per heavy atom. The molecule has 0 spiro atoms. The van der Waals surface area contributed by atoms with Gasteiger partial charge in [0.25, 0.3) is 15.9 Å². The minimum atomic E-state index is -3.76. The molecule has 0 saturated heterocycles. The molecule has 0 aliphatic rings. The summed E-state index contributed by atoms with van der Waals surface area (Å²) < 4.78 is 43.5. The van der Waals surface area contributed by atoms with E-state index in [4.69, 9.17) is 25.8 Å². The first-order valence-electron chi connectivity index (χ1n) is 9.75. The Balaban J connectivity index is 1.62. The van der Waals surface area contributed by atoms with Gasteiger partial charge in [0.05, 0.1) is 29.8 Å². The summed E-state index contributed by atoms with van der Waals surface area (Å²) >= 11 is 6.07. The number of amides is 1. The van der Waals surface area contributed by atoms with Crippen LogP contribution in [0.4, 0.5) is 11.4 Å². The van der Waals surface area contributed by atoms with Crippen molar-refractivity contribution in [2.75, 3.05) is 30.9 Å². The number of carbonyl (C=O) groups is 1. The zero-order valence-electron chi connectivity index (χ0n) is 18.2. The first-order valence-corrected chi connectivity index (χ1v) is 11.6. The van der Waals surface area contributed by atoms with Crippen LogP contribution in [0.5, 0.6) is 17.2 Å². The van der Waals surface area contributed by atoms with Crippen molar-refractivity contribution in [3.63, 3.8) is 0 Å². The molecule has 2 N–H and O–H groups in total. The maximum atomic E-state index is 12.6. The molecule has 0 aliphatic carbocycles. The van der Waals surface area contributed by atoms with Gasteiger partial charge < -0.3 is 19.5 Å². The summed E-state index contributed by atoms with van der Waals surface area (Å²) in [4.78, 5) is 12.4. The second-order valence-electron chi connectivity index (χ2n) is 6.97. The molecule has 33 heavy (non-hydrogen) atoms. The van der Waals surface area contributed by atoms with Crippen LogP contribution in [0.3, 0.4) is 0 Å². The zero-order chi connectivity index (χ0) is 24.0. The molecule has 174 valence electrons. The molecule has 0 unspecified atom stereocenters. The average molecular weight is 491 g/mol. The van der Waals surface area contributed by atoms with Gasteiger partial charge in [0.15, 0.2) is 6.61 Å². The third kappa shape index (κ3) is 6.30. The van der Waals surface area contributed by atoms with Crippen molar-refractivity contribution in [1.82, 2.24) is 0 Å². The van der Waals surface area contributed by atoms with Gasteiger partial charge in [-0.25, -0.2) is 8.42 Å². The topological polar surface area (TPSA) is 103 Å². The SMILES string of the molecule is COc1cc(NC(=O)COc2ccc(S(=O)(=O)Nc3cccc(C)c3)cc2)c(OC)cc1Cl. The Labute approximate surface area is 197 Å². The molecule has 3 aromatic carbocycles. The third-order valence-corrected chi connectivity index (χ3v) is 6.21. The normalized spacial score (nSPS) is 10.9. The number of hydrogen-bond donors (Lipinski definition) is 2. The molecule has 3 aromatic rings. The summed E-state index contributed by atoms with van der Waals surface area (Å²) in [6.07, 6.45) is 0. The number of nitrogens with one attached hydrogen (secondary N) is 2. The highest BCUT2D eigenvalue weighted by molar-refractivity contribution is 7.92. The smallest absolute Gasteiger partial charge is 0.262 e. The molecular formula is C23H23ClN2O6S. The molecule has 0 fully saturated rings. The fourth-order valence-corrected chi connectivity index (χ4v) is 4.21. The first kappa shape index (κ1) is 24.2. The van der Waals surface area contributed by atoms with Crippen molar-refractivity contribution < 1.29 is 27.4 Å². The Morgan fingerprint density at radius 1 is 0.970 bits per heavy atom. The summed E-state index contributed by atoms with van der Waals surface area (Å²) in [7, 11) is -0.845. The van der Waals surface area contributed by atoms with Crippen LogP contribution < -0.4 is 24.2 Å². The molecule has 0 saturated carbocycles. The van der Waals surface area contributed by atoms with Gasteiger partial charge in [0.1, 0.15) is 17.2 Å². The molecule has 0 heterocycles. The van der Waals surface area contributed by atoms with Gasteiger partial charge in [0.2, 0.25) is 0 Å². The van der Waals surface area contributed by atoms with Gasteiger partial charge in [-0.15, -0.1) is 0 Å². The standard InChI is InChI=1S/C23H23ClN2O6S/c1-15-5-4-6-16(11-15)26-33(28,29)18-9-7-17(8-10-18)32-14-23(27)25-20-13-21(30-2)19(24)12-22(20)31-3/h4-13,26H,14H2,1-3H3,(H,25,27). The predicted molar refractivity (Wildman–Crippen MR) is 127 cm³/mol. The van der Waals surface area contributed by atoms with E-state index in [2.05, 4.69) is 10.0 Å². The van der Waals surface area contributed by atoms with E-state index >= 15 is 0 Å². The molecule has 1 amide bonds. The molecule has 0 atom stereocenters. The fraction of sp³-hybridized carbons (Fsp3) is 0.174. The summed E-state index contributed by atoms with van der Waals surface area (Å²) in [5.74, 6) is 0.630. The van der Waals surface area contributed by atoms with Crippen LogP contribution in [-0.2, 0) is 14.8 Å². The Hall–Kier alpha value is -3.43. The zero-order valence-corrected chi connectivity index (χ0v) is 19.8. The lowest BCUT2D eigenvalue weighted by molar-refractivity contribution is -0.118. The molecule has 10 heteroatoms. The molecule has 3 rings (SSSR count). The third-order valence-electron chi connectivity index (χ3n) is 4.52. The van der Waals surface area contributed by atoms with Crippen molar-refractivity contribution in [2.45, 2.75) is 11.8 Å². The molecule has 0 aromatic heterocycles. The van der Waals surface area contributed by atoms with Crippen LogP contribution in [0.15, 0.2) is 65.6 Å². The van der Waals surface area contributed by atoms with Crippen LogP contribution in [0, 0.1) is 6.92 Å². The van der Waals surface area contributed by atoms with Crippen LogP contribution >= 0.6 is 11.6 Å². The number of ether oxygens (including phenoxy) is 3. The molecule has 0 aliphatic heterocycles. The lowest BCUT2D eigenvalue weighted by Gasteiger charge is -2.13. The summed E-state index contributed by atoms with van der Waals surface area (Å²) in [6.45, 7) is 1.57. The Bertz CT molecular complexity index is 1250. The summed E-state index contributed by atoms with van der Waals surface area (Å²) in [6, 6.07) is 15.9. The predicted octanol–water partition coefficient (Wildman–Crippen LogP) is 4.48. The highest BCUT2D eigenvalue weighted by atomic mass is 35.5. The van der Waals surface area contributed by atoms with Crippen LogP contribution in [-0.4, -0.2) is 35.2 Å². The van der Waals surface area contributed by atoms with Crippen molar-refractivity contribution in [2.24, 2.45) is 0 Å². The van der Waals surface area contributed by atoms with E-state index < -0.39 is 15.9 Å². The lowest BCUT2D eigenvalue weighted by atomic mass is 10.2. The van der Waals surface area contributed by atoms with Gasteiger partial charge in [0, 0.05) is 17.8 Å². The van der Waals surface area contributed by atoms with Gasteiger partial charge in [-0.1, -0.05) is 23.7 Å². The van der Waals surface area contributed by atoms with Crippen molar-refractivity contribution >= 4 is 38.9 Å². The summed E-state index contributed by atoms with van der Waals surface area (Å²) in [5.41, 5.74) is 1.78. The van der Waals surface area contributed by atoms with E-state index in [-0.39, 0.29) is 11.5 Å². The minimum absolute atomic E-state index is 0.0683. The average Bonchev–Trinajstić information content (AvgIpc) is 2.78. The van der Waals surface area contributed by atoms with E-state index in [1.54, 1.807) is 24.3 Å². The van der Waals surface area contributed by atoms with Crippen LogP contribution in [0.1, 0.15) is 5.56 Å². The second kappa shape index (κ2) is 10.5. The van der Waals surface area contributed by atoms with E-state index in [0.29, 0.717) is 33.6 Å². The quantitative estimate of drug-likeness (QED) is 0.458. The van der Waals surface area contributed by atoms with E-state index in [1.807, 2.05) is 13.0 Å². The van der Waals surface area contributed by atoms with Crippen LogP contribution in [0.2, 0.25) is 5.02 Å². The highest BCUT2D eigenvalue weighted by Gasteiger charge is 2.16. The molecule has 8 nitrogen and oxygen atoms in total. The number of methoxy groups -OCH3 is 2. The summed E-state index contributed by atoms with van der Waals surface area (Å²) in [5, 5.41) is 3.01. The van der Waals surface area contributed by atoms with Gasteiger partial charge in [-0.2, -0.15) is 0 Å². The van der Waals surface area contributed by atoms with Crippen molar-refractivity contribution in [1.29, 1.82) is 0 Å². The van der Waals surface area contributed by atoms with E-state index in [0.717, 1.165) is 5.56 Å². The minimum Gasteiger partial charge on any atom is -0.495 e. The number of carbonyl (C=O) groups excluding carboxylic acids is 1. The van der Waals surface area contributed by atoms with E-state index in [9.17, 15) is 13.2 Å². The first-order chi connectivity index (χ1) is 15.7. The van der Waals surface area contributed by atoms with Crippen molar-refractivity contribution in [3.05, 3.63) is 71.2 Å². The maximum absolute atomic E-state index is 12.6. The number of aryl methyl sites for hydroxylation is 1. The molecule has 0 bridgehead atoms. The number of rotatable bonds is 9. The lowest BCUT2D eigenvalue weighted by Crippen LogP contribution is -2.20. The molecular weight excluding hydrogens is 468 g/mol. The monoisotopic (exact) mass is 490 g/mol. The van der Waals surface area contributed by atoms with Gasteiger partial charge >= 0.3 is 0 Å². The van der Waals surface area contributed by atoms with Gasteiger partial charge in [-0.05, 0) is 48.9 Å². The molecule has 0 radical (unpaired) electrons. The maximum Gasteiger partial charge on any atom is 0.262 e. The van der Waals surface area contributed by atoms with Gasteiger partial charge in [-0.3, -0.25) is 9.52 Å². The second-order valence-corrected chi connectivity index (χ2v) is 9.06. The number of halogens is 1. The highest BCUT2D eigenvalue weighted by Crippen LogP contribution is 2.35. The van der Waals surface area contributed by atoms with E-state index in [1.165, 1.54) is 44.6 Å². The van der Waals surface area contributed by atoms with Crippen molar-refractivity contribution in [3.8, 4) is 17.2 Å². The largest absolute Gasteiger partial charge is 0.495 e. The number of hydrogen-bond acceptors (Lipinski definition) is 6.